The molecule has 5 nitrogen and oxygen atoms in total. The summed E-state index contributed by atoms with van der Waals surface area (Å²) in [4.78, 5) is 10.8. The van der Waals surface area contributed by atoms with E-state index in [0.717, 1.165) is 12.1 Å². The quantitative estimate of drug-likeness (QED) is 0.837. The summed E-state index contributed by atoms with van der Waals surface area (Å²) in [5, 5.41) is 5.73. The molecule has 0 spiro atoms. The Kier molecular flexibility index (Phi) is 4.79. The lowest BCUT2D eigenvalue weighted by Gasteiger charge is -2.15. The topological polar surface area (TPSA) is 59.6 Å². The summed E-state index contributed by atoms with van der Waals surface area (Å²) in [6.45, 7) is 5.32. The molecule has 1 heterocycles. The number of cyclic esters (lactones) is 1. The Balaban J connectivity index is 1.93. The largest absolute Gasteiger partial charge is 0.487 e. The number of carbonyl (C=O) groups excluding carboxylic acids is 1. The van der Waals surface area contributed by atoms with Crippen molar-refractivity contribution in [2.24, 2.45) is 0 Å². The summed E-state index contributed by atoms with van der Waals surface area (Å²) in [5.41, 5.74) is 0.866. The predicted octanol–water partition coefficient (Wildman–Crippen LogP) is 1.98. The highest BCUT2D eigenvalue weighted by molar-refractivity contribution is 5.69. The fraction of sp³-hybridized carbons (Fsp3) is 0.500. The fourth-order valence-electron chi connectivity index (χ4n) is 2.04. The second-order valence-electron chi connectivity index (χ2n) is 4.69. The molecule has 0 radical (unpaired) electrons. The first kappa shape index (κ1) is 14.6. The van der Waals surface area contributed by atoms with Crippen LogP contribution in [0.15, 0.2) is 18.2 Å². The zero-order valence-electron chi connectivity index (χ0n) is 11.6. The van der Waals surface area contributed by atoms with E-state index in [1.165, 1.54) is 6.07 Å². The summed E-state index contributed by atoms with van der Waals surface area (Å²) in [6, 6.07) is 4.97. The molecule has 0 aliphatic carbocycles. The SMILES string of the molecule is CCNC(C)c1ccc(OCC2CNC(=O)O2)c(F)c1. The third-order valence-corrected chi connectivity index (χ3v) is 3.14. The molecule has 20 heavy (non-hydrogen) atoms. The van der Waals surface area contributed by atoms with Gasteiger partial charge in [0.2, 0.25) is 0 Å². The van der Waals surface area contributed by atoms with E-state index in [1.54, 1.807) is 6.07 Å². The number of ether oxygens (including phenoxy) is 2. The smallest absolute Gasteiger partial charge is 0.407 e. The van der Waals surface area contributed by atoms with Crippen molar-refractivity contribution < 1.29 is 18.7 Å². The van der Waals surface area contributed by atoms with Crippen LogP contribution in [0, 0.1) is 5.82 Å². The van der Waals surface area contributed by atoms with Gasteiger partial charge in [0.25, 0.3) is 0 Å². The first-order valence-corrected chi connectivity index (χ1v) is 6.70. The number of nitrogens with one attached hydrogen (secondary N) is 2. The van der Waals surface area contributed by atoms with E-state index >= 15 is 0 Å². The Bertz CT molecular complexity index is 481. The van der Waals surface area contributed by atoms with E-state index in [1.807, 2.05) is 19.9 Å². The van der Waals surface area contributed by atoms with Crippen LogP contribution in [0.5, 0.6) is 5.75 Å². The van der Waals surface area contributed by atoms with Gasteiger partial charge in [-0.1, -0.05) is 13.0 Å². The second kappa shape index (κ2) is 6.56. The van der Waals surface area contributed by atoms with Crippen LogP contribution in [0.2, 0.25) is 0 Å². The van der Waals surface area contributed by atoms with Gasteiger partial charge >= 0.3 is 6.09 Å². The van der Waals surface area contributed by atoms with Crippen molar-refractivity contribution in [1.82, 2.24) is 10.6 Å². The number of amides is 1. The van der Waals surface area contributed by atoms with E-state index < -0.39 is 11.9 Å². The first-order valence-electron chi connectivity index (χ1n) is 6.70. The summed E-state index contributed by atoms with van der Waals surface area (Å²) in [6.07, 6.45) is -0.837. The number of alkyl carbamates (subject to hydrolysis) is 1. The summed E-state index contributed by atoms with van der Waals surface area (Å²) in [5.74, 6) is -0.245. The van der Waals surface area contributed by atoms with Crippen LogP contribution in [0.1, 0.15) is 25.5 Å². The van der Waals surface area contributed by atoms with Crippen LogP contribution in [0.3, 0.4) is 0 Å². The van der Waals surface area contributed by atoms with Gasteiger partial charge < -0.3 is 20.1 Å². The molecule has 110 valence electrons. The van der Waals surface area contributed by atoms with Crippen LogP contribution in [-0.2, 0) is 4.74 Å². The molecular weight excluding hydrogens is 263 g/mol. The average molecular weight is 282 g/mol. The van der Waals surface area contributed by atoms with E-state index in [0.29, 0.717) is 6.54 Å². The summed E-state index contributed by atoms with van der Waals surface area (Å²) in [7, 11) is 0. The van der Waals surface area contributed by atoms with Gasteiger partial charge in [0.15, 0.2) is 17.7 Å². The van der Waals surface area contributed by atoms with Gasteiger partial charge in [-0.3, -0.25) is 0 Å². The number of rotatable bonds is 6. The van der Waals surface area contributed by atoms with Crippen molar-refractivity contribution in [2.75, 3.05) is 19.7 Å². The number of hydrogen-bond acceptors (Lipinski definition) is 4. The van der Waals surface area contributed by atoms with Gasteiger partial charge in [0.1, 0.15) is 6.61 Å². The van der Waals surface area contributed by atoms with Crippen LogP contribution >= 0.6 is 0 Å². The third-order valence-electron chi connectivity index (χ3n) is 3.14. The summed E-state index contributed by atoms with van der Waals surface area (Å²) < 4.78 is 24.2. The molecule has 1 aromatic rings. The Labute approximate surface area is 117 Å². The molecule has 0 aromatic heterocycles. The Morgan fingerprint density at radius 2 is 2.40 bits per heavy atom. The molecule has 1 fully saturated rings. The monoisotopic (exact) mass is 282 g/mol. The maximum Gasteiger partial charge on any atom is 0.407 e. The van der Waals surface area contributed by atoms with Gasteiger partial charge in [-0.15, -0.1) is 0 Å². The lowest BCUT2D eigenvalue weighted by molar-refractivity contribution is 0.103. The number of carbonyl (C=O) groups is 1. The van der Waals surface area contributed by atoms with Gasteiger partial charge in [-0.2, -0.15) is 0 Å². The van der Waals surface area contributed by atoms with Crippen molar-refractivity contribution in [3.8, 4) is 5.75 Å². The van der Waals surface area contributed by atoms with E-state index in [4.69, 9.17) is 9.47 Å². The van der Waals surface area contributed by atoms with Crippen molar-refractivity contribution in [1.29, 1.82) is 0 Å². The molecule has 2 atom stereocenters. The average Bonchev–Trinajstić information content (AvgIpc) is 2.83. The number of hydrogen-bond donors (Lipinski definition) is 2. The summed E-state index contributed by atoms with van der Waals surface area (Å²) >= 11 is 0. The first-order chi connectivity index (χ1) is 9.60. The van der Waals surface area contributed by atoms with Gasteiger partial charge in [-0.25, -0.2) is 9.18 Å². The van der Waals surface area contributed by atoms with Crippen molar-refractivity contribution >= 4 is 6.09 Å². The molecular formula is C14H19FN2O3. The molecule has 0 saturated carbocycles. The van der Waals surface area contributed by atoms with Gasteiger partial charge in [0.05, 0.1) is 6.54 Å². The normalized spacial score (nSPS) is 19.4. The van der Waals surface area contributed by atoms with Crippen LogP contribution in [0.25, 0.3) is 0 Å². The standard InChI is InChI=1S/C14H19FN2O3/c1-3-16-9(2)10-4-5-13(12(15)6-10)19-8-11-7-17-14(18)20-11/h4-6,9,11,16H,3,7-8H2,1-2H3,(H,17,18). The lowest BCUT2D eigenvalue weighted by atomic mass is 10.1. The van der Waals surface area contributed by atoms with Crippen LogP contribution in [0.4, 0.5) is 9.18 Å². The maximum atomic E-state index is 13.9. The lowest BCUT2D eigenvalue weighted by Crippen LogP contribution is -2.22. The van der Waals surface area contributed by atoms with Crippen molar-refractivity contribution in [3.05, 3.63) is 29.6 Å². The molecule has 2 rings (SSSR count). The second-order valence-corrected chi connectivity index (χ2v) is 4.69. The molecule has 6 heteroatoms. The Morgan fingerprint density at radius 3 is 3.00 bits per heavy atom. The zero-order valence-corrected chi connectivity index (χ0v) is 11.6. The third kappa shape index (κ3) is 3.60. The number of halogens is 1. The van der Waals surface area contributed by atoms with E-state index in [2.05, 4.69) is 10.6 Å². The molecule has 1 amide bonds. The molecule has 1 aliphatic heterocycles. The fourth-order valence-corrected chi connectivity index (χ4v) is 2.04. The van der Waals surface area contributed by atoms with E-state index in [9.17, 15) is 9.18 Å². The minimum absolute atomic E-state index is 0.0866. The van der Waals surface area contributed by atoms with Gasteiger partial charge in [-0.05, 0) is 31.2 Å². The van der Waals surface area contributed by atoms with Crippen LogP contribution < -0.4 is 15.4 Å². The molecule has 1 saturated heterocycles. The van der Waals surface area contributed by atoms with Crippen molar-refractivity contribution in [3.63, 3.8) is 0 Å². The number of benzene rings is 1. The maximum absolute atomic E-state index is 13.9. The highest BCUT2D eigenvalue weighted by Crippen LogP contribution is 2.22. The Morgan fingerprint density at radius 1 is 1.60 bits per heavy atom. The molecule has 2 unspecified atom stereocenters. The molecule has 1 aromatic carbocycles. The zero-order chi connectivity index (χ0) is 14.5. The minimum Gasteiger partial charge on any atom is -0.487 e. The van der Waals surface area contributed by atoms with E-state index in [-0.39, 0.29) is 24.5 Å². The molecule has 2 N–H and O–H groups in total. The van der Waals surface area contributed by atoms with Crippen molar-refractivity contribution in [2.45, 2.75) is 26.0 Å². The van der Waals surface area contributed by atoms with Gasteiger partial charge in [0, 0.05) is 6.04 Å². The highest BCUT2D eigenvalue weighted by atomic mass is 19.1. The molecule has 1 aliphatic rings. The molecule has 0 bridgehead atoms. The Hall–Kier alpha value is -1.82. The predicted molar refractivity (Wildman–Crippen MR) is 72.3 cm³/mol. The highest BCUT2D eigenvalue weighted by Gasteiger charge is 2.23. The van der Waals surface area contributed by atoms with Crippen LogP contribution in [-0.4, -0.2) is 31.9 Å². The minimum atomic E-state index is -0.464.